The molecule has 2 aromatic carbocycles. The summed E-state index contributed by atoms with van der Waals surface area (Å²) in [6, 6.07) is 14.9. The van der Waals surface area contributed by atoms with Crippen LogP contribution in [0.5, 0.6) is 11.5 Å². The van der Waals surface area contributed by atoms with Crippen LogP contribution in [0.25, 0.3) is 0 Å². The summed E-state index contributed by atoms with van der Waals surface area (Å²) in [5, 5.41) is 12.5. The molecule has 39 heavy (non-hydrogen) atoms. The van der Waals surface area contributed by atoms with Crippen LogP contribution in [-0.4, -0.2) is 52.8 Å². The Balaban J connectivity index is 1.34. The number of ether oxygens (including phenoxy) is 2. The molecule has 0 bridgehead atoms. The minimum absolute atomic E-state index is 0.0352. The van der Waals surface area contributed by atoms with Gasteiger partial charge < -0.3 is 24.8 Å². The minimum Gasteiger partial charge on any atom is -0.490 e. The van der Waals surface area contributed by atoms with Gasteiger partial charge in [-0.2, -0.15) is 0 Å². The molecule has 1 aromatic heterocycles. The van der Waals surface area contributed by atoms with Gasteiger partial charge in [-0.15, -0.1) is 0 Å². The van der Waals surface area contributed by atoms with Crippen LogP contribution in [0.15, 0.2) is 60.9 Å². The fourth-order valence-electron chi connectivity index (χ4n) is 4.28. The van der Waals surface area contributed by atoms with Crippen LogP contribution in [0.1, 0.15) is 29.5 Å². The van der Waals surface area contributed by atoms with E-state index < -0.39 is 12.0 Å². The first-order valence-corrected chi connectivity index (χ1v) is 13.5. The fourth-order valence-corrected chi connectivity index (χ4v) is 4.99. The number of benzene rings is 2. The highest BCUT2D eigenvalue weighted by Gasteiger charge is 2.36. The summed E-state index contributed by atoms with van der Waals surface area (Å²) >= 11 is 12.4. The maximum atomic E-state index is 13.6. The number of rotatable bonds is 13. The number of halogens is 2. The number of carboxylic acid groups (broad SMARTS) is 1. The van der Waals surface area contributed by atoms with Crippen LogP contribution in [0.3, 0.4) is 0 Å². The van der Waals surface area contributed by atoms with E-state index in [-0.39, 0.29) is 31.7 Å². The van der Waals surface area contributed by atoms with Crippen LogP contribution < -0.4 is 14.8 Å². The lowest BCUT2D eigenvalue weighted by Crippen LogP contribution is -2.43. The number of pyridine rings is 1. The highest BCUT2D eigenvalue weighted by Crippen LogP contribution is 2.34. The number of aryl methyl sites for hydroxylation is 1. The molecule has 206 valence electrons. The summed E-state index contributed by atoms with van der Waals surface area (Å²) in [6.07, 6.45) is 4.56. The van der Waals surface area contributed by atoms with E-state index in [2.05, 4.69) is 10.3 Å². The summed E-state index contributed by atoms with van der Waals surface area (Å²) in [6.45, 7) is 2.96. The highest BCUT2D eigenvalue weighted by atomic mass is 35.5. The zero-order valence-electron chi connectivity index (χ0n) is 21.6. The molecule has 1 fully saturated rings. The van der Waals surface area contributed by atoms with E-state index in [1.165, 1.54) is 0 Å². The van der Waals surface area contributed by atoms with Crippen molar-refractivity contribution < 1.29 is 24.2 Å². The summed E-state index contributed by atoms with van der Waals surface area (Å²) in [7, 11) is 0. The Morgan fingerprint density at radius 3 is 2.28 bits per heavy atom. The van der Waals surface area contributed by atoms with Crippen LogP contribution in [-0.2, 0) is 17.8 Å². The Morgan fingerprint density at radius 1 is 1.03 bits per heavy atom. The van der Waals surface area contributed by atoms with Gasteiger partial charge >= 0.3 is 6.09 Å². The lowest BCUT2D eigenvalue weighted by atomic mass is 9.97. The molecular formula is C29H31Cl2N3O5. The van der Waals surface area contributed by atoms with Crippen molar-refractivity contribution in [3.8, 4) is 11.5 Å². The molecule has 1 atom stereocenters. The summed E-state index contributed by atoms with van der Waals surface area (Å²) in [5.41, 5.74) is 2.85. The highest BCUT2D eigenvalue weighted by molar-refractivity contribution is 6.37. The van der Waals surface area contributed by atoms with Gasteiger partial charge in [-0.3, -0.25) is 9.78 Å². The van der Waals surface area contributed by atoms with Crippen molar-refractivity contribution in [1.29, 1.82) is 0 Å². The molecule has 0 aliphatic heterocycles. The van der Waals surface area contributed by atoms with Crippen LogP contribution >= 0.6 is 23.2 Å². The second kappa shape index (κ2) is 13.5. The quantitative estimate of drug-likeness (QED) is 0.252. The van der Waals surface area contributed by atoms with Crippen LogP contribution in [0.2, 0.25) is 10.0 Å². The van der Waals surface area contributed by atoms with Gasteiger partial charge in [0.2, 0.25) is 5.91 Å². The Bertz CT molecular complexity index is 1250. The molecule has 4 rings (SSSR count). The van der Waals surface area contributed by atoms with Gasteiger partial charge in [0.1, 0.15) is 19.0 Å². The fraction of sp³-hybridized carbons (Fsp3) is 0.345. The first kappa shape index (κ1) is 28.5. The number of carbonyl (C=O) groups excluding carboxylic acids is 1. The average molecular weight is 572 g/mol. The molecule has 3 aromatic rings. The van der Waals surface area contributed by atoms with E-state index in [4.69, 9.17) is 32.7 Å². The number of amides is 2. The van der Waals surface area contributed by atoms with Gasteiger partial charge in [0.05, 0.1) is 16.0 Å². The first-order chi connectivity index (χ1) is 18.8. The Labute approximate surface area is 237 Å². The molecule has 1 heterocycles. The number of aromatic nitrogens is 1. The van der Waals surface area contributed by atoms with Gasteiger partial charge in [-0.25, -0.2) is 4.79 Å². The normalized spacial score (nSPS) is 13.4. The van der Waals surface area contributed by atoms with E-state index in [0.717, 1.165) is 29.5 Å². The summed E-state index contributed by atoms with van der Waals surface area (Å²) in [4.78, 5) is 30.7. The maximum absolute atomic E-state index is 13.6. The van der Waals surface area contributed by atoms with Crippen molar-refractivity contribution in [3.05, 3.63) is 87.7 Å². The molecule has 1 saturated carbocycles. The first-order valence-electron chi connectivity index (χ1n) is 12.8. The third-order valence-electron chi connectivity index (χ3n) is 6.37. The smallest absolute Gasteiger partial charge is 0.404 e. The number of hydrogen-bond acceptors (Lipinski definition) is 5. The number of hydrogen-bond donors (Lipinski definition) is 2. The van der Waals surface area contributed by atoms with E-state index in [1.54, 1.807) is 24.5 Å². The predicted octanol–water partition coefficient (Wildman–Crippen LogP) is 5.77. The summed E-state index contributed by atoms with van der Waals surface area (Å²) < 4.78 is 11.5. The second-order valence-corrected chi connectivity index (χ2v) is 10.4. The lowest BCUT2D eigenvalue weighted by Gasteiger charge is -2.28. The minimum atomic E-state index is -1.15. The van der Waals surface area contributed by atoms with Gasteiger partial charge in [-0.05, 0) is 79.3 Å². The van der Waals surface area contributed by atoms with Crippen molar-refractivity contribution in [2.75, 3.05) is 19.8 Å². The predicted molar refractivity (Wildman–Crippen MR) is 150 cm³/mol. The third-order valence-corrected chi connectivity index (χ3v) is 6.93. The topological polar surface area (TPSA) is 101 Å². The maximum Gasteiger partial charge on any atom is 0.404 e. The molecule has 8 nitrogen and oxygen atoms in total. The van der Waals surface area contributed by atoms with Gasteiger partial charge in [-0.1, -0.05) is 35.3 Å². The Hall–Kier alpha value is -3.49. The Kier molecular flexibility index (Phi) is 9.90. The average Bonchev–Trinajstić information content (AvgIpc) is 3.75. The molecule has 2 amide bonds. The molecular weight excluding hydrogens is 541 g/mol. The lowest BCUT2D eigenvalue weighted by molar-refractivity contribution is -0.136. The molecule has 10 heteroatoms. The number of nitrogens with zero attached hydrogens (tertiary/aromatic N) is 2. The molecule has 0 spiro atoms. The SMILES string of the molecule is Cc1cc(Cl)c(OCCOc2ccc(CC(CNC(=O)O)C(=O)N(Cc3ccncc3)C3CC3)cc2)c(Cl)c1. The van der Waals surface area contributed by atoms with Gasteiger partial charge in [0, 0.05) is 31.5 Å². The van der Waals surface area contributed by atoms with Crippen molar-refractivity contribution in [3.63, 3.8) is 0 Å². The van der Waals surface area contributed by atoms with Crippen molar-refractivity contribution in [2.45, 2.75) is 38.8 Å². The van der Waals surface area contributed by atoms with Crippen LogP contribution in [0.4, 0.5) is 4.79 Å². The Morgan fingerprint density at radius 2 is 1.67 bits per heavy atom. The number of carbonyl (C=O) groups is 2. The van der Waals surface area contributed by atoms with Crippen molar-refractivity contribution in [1.82, 2.24) is 15.2 Å². The summed E-state index contributed by atoms with van der Waals surface area (Å²) in [5.74, 6) is 0.478. The van der Waals surface area contributed by atoms with E-state index in [0.29, 0.717) is 34.5 Å². The zero-order valence-corrected chi connectivity index (χ0v) is 23.1. The molecule has 1 aliphatic rings. The standard InChI is InChI=1S/C29H31Cl2N3O5/c1-19-14-25(30)27(26(31)15-19)39-13-12-38-24-6-2-20(3-7-24)16-22(17-33-29(36)37)28(35)34(23-4-5-23)18-21-8-10-32-11-9-21/h2-3,6-11,14-15,22-23,33H,4-5,12-13,16-18H2,1H3,(H,36,37). The molecule has 1 unspecified atom stereocenters. The second-order valence-electron chi connectivity index (χ2n) is 9.54. The van der Waals surface area contributed by atoms with Crippen LogP contribution in [0, 0.1) is 12.8 Å². The van der Waals surface area contributed by atoms with E-state index >= 15 is 0 Å². The van der Waals surface area contributed by atoms with E-state index in [9.17, 15) is 14.7 Å². The van der Waals surface area contributed by atoms with Gasteiger partial charge in [0.25, 0.3) is 0 Å². The van der Waals surface area contributed by atoms with E-state index in [1.807, 2.05) is 48.2 Å². The van der Waals surface area contributed by atoms with Crippen molar-refractivity contribution >= 4 is 35.2 Å². The molecule has 0 radical (unpaired) electrons. The number of nitrogens with one attached hydrogen (secondary N) is 1. The van der Waals surface area contributed by atoms with Crippen molar-refractivity contribution in [2.24, 2.45) is 5.92 Å². The molecule has 1 aliphatic carbocycles. The monoisotopic (exact) mass is 571 g/mol. The van der Waals surface area contributed by atoms with Gasteiger partial charge in [0.15, 0.2) is 5.75 Å². The molecule has 0 saturated heterocycles. The molecule has 2 N–H and O–H groups in total. The third kappa shape index (κ3) is 8.50. The largest absolute Gasteiger partial charge is 0.490 e. The zero-order chi connectivity index (χ0) is 27.8.